The van der Waals surface area contributed by atoms with E-state index in [1.165, 1.54) is 10.6 Å². The maximum Gasteiger partial charge on any atom is 0.329 e. The average molecular weight is 236 g/mol. The van der Waals surface area contributed by atoms with Crippen molar-refractivity contribution in [3.05, 3.63) is 39.3 Å². The van der Waals surface area contributed by atoms with Gasteiger partial charge in [0, 0.05) is 25.4 Å². The molecule has 0 saturated carbocycles. The Balaban J connectivity index is 2.04. The third kappa shape index (κ3) is 2.60. The lowest BCUT2D eigenvalue weighted by atomic mass is 10.4. The normalized spacial score (nSPS) is 10.6. The Morgan fingerprint density at radius 3 is 2.82 bits per heavy atom. The Morgan fingerprint density at radius 2 is 2.18 bits per heavy atom. The fraction of sp³-hybridized carbons (Fsp3) is 0.333. The summed E-state index contributed by atoms with van der Waals surface area (Å²) in [5, 5.41) is 7.46. The van der Waals surface area contributed by atoms with Crippen LogP contribution in [-0.2, 0) is 13.1 Å². The number of nitrogens with two attached hydrogens (primary N) is 1. The zero-order valence-corrected chi connectivity index (χ0v) is 9.04. The van der Waals surface area contributed by atoms with Crippen molar-refractivity contribution >= 4 is 5.82 Å². The number of hydrogen-bond acceptors (Lipinski definition) is 5. The highest BCUT2D eigenvalue weighted by Crippen LogP contribution is 1.96. The summed E-state index contributed by atoms with van der Waals surface area (Å²) in [6, 6.07) is 1.19. The fourth-order valence-electron chi connectivity index (χ4n) is 1.51. The summed E-state index contributed by atoms with van der Waals surface area (Å²) in [5.41, 5.74) is 4.61. The van der Waals surface area contributed by atoms with Gasteiger partial charge in [0.25, 0.3) is 5.56 Å². The van der Waals surface area contributed by atoms with E-state index in [-0.39, 0.29) is 5.82 Å². The van der Waals surface area contributed by atoms with Crippen molar-refractivity contribution in [3.63, 3.8) is 0 Å². The molecule has 0 aliphatic carbocycles. The fourth-order valence-corrected chi connectivity index (χ4v) is 1.51. The first-order chi connectivity index (χ1) is 8.16. The first-order valence-corrected chi connectivity index (χ1v) is 5.10. The molecule has 8 heteroatoms. The number of nitrogens with zero attached hydrogens (tertiary/aromatic N) is 4. The van der Waals surface area contributed by atoms with Crippen molar-refractivity contribution in [2.24, 2.45) is 0 Å². The summed E-state index contributed by atoms with van der Waals surface area (Å²) in [5.74, 6) is 0.164. The van der Waals surface area contributed by atoms with Crippen molar-refractivity contribution in [2.75, 3.05) is 5.73 Å². The van der Waals surface area contributed by atoms with Gasteiger partial charge in [0.15, 0.2) is 0 Å². The molecular formula is C9H12N6O2. The van der Waals surface area contributed by atoms with Crippen LogP contribution >= 0.6 is 0 Å². The number of anilines is 1. The van der Waals surface area contributed by atoms with Gasteiger partial charge in [0.1, 0.15) is 5.82 Å². The highest BCUT2D eigenvalue weighted by atomic mass is 16.2. The van der Waals surface area contributed by atoms with E-state index in [0.717, 1.165) is 0 Å². The van der Waals surface area contributed by atoms with Crippen LogP contribution in [0.3, 0.4) is 0 Å². The van der Waals surface area contributed by atoms with Crippen molar-refractivity contribution in [2.45, 2.75) is 19.5 Å². The molecule has 2 heterocycles. The van der Waals surface area contributed by atoms with Crippen molar-refractivity contribution in [1.82, 2.24) is 24.5 Å². The first kappa shape index (κ1) is 11.1. The van der Waals surface area contributed by atoms with Crippen LogP contribution in [0.2, 0.25) is 0 Å². The van der Waals surface area contributed by atoms with Crippen LogP contribution in [0.15, 0.2) is 28.0 Å². The lowest BCUT2D eigenvalue weighted by Gasteiger charge is -2.07. The molecule has 0 saturated heterocycles. The maximum absolute atomic E-state index is 11.4. The molecule has 17 heavy (non-hydrogen) atoms. The van der Waals surface area contributed by atoms with Gasteiger partial charge in [-0.2, -0.15) is 0 Å². The van der Waals surface area contributed by atoms with Crippen LogP contribution in [0.5, 0.6) is 0 Å². The molecule has 3 N–H and O–H groups in total. The second-order valence-electron chi connectivity index (χ2n) is 3.53. The van der Waals surface area contributed by atoms with Crippen molar-refractivity contribution in [3.8, 4) is 0 Å². The Kier molecular flexibility index (Phi) is 3.03. The summed E-state index contributed by atoms with van der Waals surface area (Å²) < 4.78 is 2.98. The van der Waals surface area contributed by atoms with Crippen molar-refractivity contribution < 1.29 is 0 Å². The topological polar surface area (TPSA) is 112 Å². The largest absolute Gasteiger partial charge is 0.385 e. The Labute approximate surface area is 95.7 Å². The highest BCUT2D eigenvalue weighted by molar-refractivity contribution is 5.25. The van der Waals surface area contributed by atoms with Gasteiger partial charge < -0.3 is 5.73 Å². The standard InChI is InChI=1S/C9H12N6O2/c10-7-6-8(16)12-9(17)15(7)4-1-3-14-5-2-11-13-14/h2,5-6H,1,3-4,10H2,(H,12,16,17). The van der Waals surface area contributed by atoms with E-state index >= 15 is 0 Å². The van der Waals surface area contributed by atoms with Gasteiger partial charge in [0.05, 0.1) is 6.20 Å². The molecule has 2 aromatic heterocycles. The van der Waals surface area contributed by atoms with Crippen LogP contribution in [0, 0.1) is 0 Å². The van der Waals surface area contributed by atoms with Gasteiger partial charge in [-0.3, -0.25) is 19.0 Å². The molecule has 0 atom stereocenters. The molecule has 0 radical (unpaired) electrons. The summed E-state index contributed by atoms with van der Waals surface area (Å²) in [6.07, 6.45) is 3.99. The number of rotatable bonds is 4. The van der Waals surface area contributed by atoms with Gasteiger partial charge >= 0.3 is 5.69 Å². The minimum Gasteiger partial charge on any atom is -0.385 e. The average Bonchev–Trinajstić information content (AvgIpc) is 2.74. The number of aromatic amines is 1. The number of aryl methyl sites for hydroxylation is 1. The molecule has 0 unspecified atom stereocenters. The molecule has 0 aliphatic rings. The van der Waals surface area contributed by atoms with Gasteiger partial charge in [-0.1, -0.05) is 5.21 Å². The zero-order valence-electron chi connectivity index (χ0n) is 9.04. The molecule has 2 rings (SSSR count). The van der Waals surface area contributed by atoms with Crippen LogP contribution in [0.4, 0.5) is 5.82 Å². The third-order valence-corrected chi connectivity index (χ3v) is 2.31. The van der Waals surface area contributed by atoms with Crippen LogP contribution in [0.25, 0.3) is 0 Å². The molecule has 0 bridgehead atoms. The van der Waals surface area contributed by atoms with E-state index in [2.05, 4.69) is 15.3 Å². The summed E-state index contributed by atoms with van der Waals surface area (Å²) in [7, 11) is 0. The molecule has 90 valence electrons. The third-order valence-electron chi connectivity index (χ3n) is 2.31. The number of aromatic nitrogens is 5. The van der Waals surface area contributed by atoms with E-state index in [1.807, 2.05) is 0 Å². The summed E-state index contributed by atoms with van der Waals surface area (Å²) in [4.78, 5) is 24.6. The van der Waals surface area contributed by atoms with E-state index in [4.69, 9.17) is 5.73 Å². The van der Waals surface area contributed by atoms with Crippen LogP contribution in [-0.4, -0.2) is 24.5 Å². The lowest BCUT2D eigenvalue weighted by molar-refractivity contribution is 0.506. The molecular weight excluding hydrogens is 224 g/mol. The maximum atomic E-state index is 11.4. The van der Waals surface area contributed by atoms with Crippen LogP contribution < -0.4 is 17.0 Å². The number of nitrogens with one attached hydrogen (secondary N) is 1. The molecule has 0 aliphatic heterocycles. The minimum atomic E-state index is -0.492. The first-order valence-electron chi connectivity index (χ1n) is 5.10. The summed E-state index contributed by atoms with van der Waals surface area (Å²) >= 11 is 0. The van der Waals surface area contributed by atoms with E-state index in [0.29, 0.717) is 19.5 Å². The Bertz CT molecular complexity index is 597. The quantitative estimate of drug-likeness (QED) is 0.692. The predicted molar refractivity (Wildman–Crippen MR) is 60.4 cm³/mol. The molecule has 8 nitrogen and oxygen atoms in total. The lowest BCUT2D eigenvalue weighted by Crippen LogP contribution is -2.31. The molecule has 0 fully saturated rings. The number of nitrogen functional groups attached to an aromatic ring is 1. The van der Waals surface area contributed by atoms with Gasteiger partial charge in [-0.05, 0) is 6.42 Å². The molecule has 0 amide bonds. The SMILES string of the molecule is Nc1cc(=O)[nH]c(=O)n1CCCn1ccnn1. The number of hydrogen-bond donors (Lipinski definition) is 2. The Hall–Kier alpha value is -2.38. The zero-order chi connectivity index (χ0) is 12.3. The monoisotopic (exact) mass is 236 g/mol. The van der Waals surface area contributed by atoms with Crippen molar-refractivity contribution in [1.29, 1.82) is 0 Å². The molecule has 0 spiro atoms. The molecule has 2 aromatic rings. The minimum absolute atomic E-state index is 0.164. The van der Waals surface area contributed by atoms with Gasteiger partial charge in [-0.25, -0.2) is 4.79 Å². The molecule has 0 aromatic carbocycles. The van der Waals surface area contributed by atoms with Gasteiger partial charge in [-0.15, -0.1) is 5.10 Å². The highest BCUT2D eigenvalue weighted by Gasteiger charge is 2.02. The van der Waals surface area contributed by atoms with E-state index in [1.54, 1.807) is 17.1 Å². The Morgan fingerprint density at radius 1 is 1.35 bits per heavy atom. The second-order valence-corrected chi connectivity index (χ2v) is 3.53. The predicted octanol–water partition coefficient (Wildman–Crippen LogP) is -1.20. The smallest absolute Gasteiger partial charge is 0.329 e. The van der Waals surface area contributed by atoms with Gasteiger partial charge in [0.2, 0.25) is 0 Å². The van der Waals surface area contributed by atoms with Crippen LogP contribution in [0.1, 0.15) is 6.42 Å². The summed E-state index contributed by atoms with van der Waals surface area (Å²) in [6.45, 7) is 1.05. The van der Waals surface area contributed by atoms with E-state index in [9.17, 15) is 9.59 Å². The van der Waals surface area contributed by atoms with E-state index < -0.39 is 11.2 Å². The second kappa shape index (κ2) is 4.64. The number of H-pyrrole nitrogens is 1.